The predicted octanol–water partition coefficient (Wildman–Crippen LogP) is 2.69. The molecule has 20 heavy (non-hydrogen) atoms. The van der Waals surface area contributed by atoms with Crippen molar-refractivity contribution in [1.29, 1.82) is 5.26 Å². The highest BCUT2D eigenvalue weighted by Gasteiger charge is 2.10. The highest BCUT2D eigenvalue weighted by Crippen LogP contribution is 2.18. The van der Waals surface area contributed by atoms with Crippen molar-refractivity contribution < 1.29 is 18.3 Å². The molecule has 1 heterocycles. The number of carbonyl (C=O) groups excluding carboxylic acids is 1. The van der Waals surface area contributed by atoms with Gasteiger partial charge in [-0.05, 0) is 24.3 Å². The van der Waals surface area contributed by atoms with Gasteiger partial charge in [0.25, 0.3) is 0 Å². The third-order valence-electron chi connectivity index (χ3n) is 2.63. The molecule has 2 aromatic rings. The van der Waals surface area contributed by atoms with E-state index in [9.17, 15) is 9.18 Å². The van der Waals surface area contributed by atoms with Crippen LogP contribution in [0.5, 0.6) is 0 Å². The lowest BCUT2D eigenvalue weighted by atomic mass is 10.2. The summed E-state index contributed by atoms with van der Waals surface area (Å²) in [5.74, 6) is -0.462. The lowest BCUT2D eigenvalue weighted by molar-refractivity contribution is 0.0600. The van der Waals surface area contributed by atoms with Crippen LogP contribution < -0.4 is 5.32 Å². The Morgan fingerprint density at radius 1 is 1.50 bits per heavy atom. The van der Waals surface area contributed by atoms with E-state index in [0.29, 0.717) is 17.0 Å². The summed E-state index contributed by atoms with van der Waals surface area (Å²) in [5, 5.41) is 11.9. The van der Waals surface area contributed by atoms with Crippen molar-refractivity contribution in [2.45, 2.75) is 6.54 Å². The van der Waals surface area contributed by atoms with Gasteiger partial charge < -0.3 is 14.5 Å². The van der Waals surface area contributed by atoms with Crippen LogP contribution >= 0.6 is 0 Å². The third-order valence-corrected chi connectivity index (χ3v) is 2.63. The summed E-state index contributed by atoms with van der Waals surface area (Å²) >= 11 is 0. The number of hydrogen-bond acceptors (Lipinski definition) is 5. The first kappa shape index (κ1) is 13.6. The number of esters is 1. The quantitative estimate of drug-likeness (QED) is 0.867. The summed E-state index contributed by atoms with van der Waals surface area (Å²) in [6.45, 7) is 0.261. The molecule has 2 rings (SSSR count). The summed E-state index contributed by atoms with van der Waals surface area (Å²) in [5.41, 5.74) is 0.999. The summed E-state index contributed by atoms with van der Waals surface area (Å²) < 4.78 is 22.7. The highest BCUT2D eigenvalue weighted by molar-refractivity contribution is 5.89. The zero-order valence-corrected chi connectivity index (χ0v) is 10.6. The van der Waals surface area contributed by atoms with E-state index in [1.165, 1.54) is 31.6 Å². The van der Waals surface area contributed by atoms with E-state index in [0.717, 1.165) is 6.07 Å². The number of methoxy groups -OCH3 is 1. The summed E-state index contributed by atoms with van der Waals surface area (Å²) in [7, 11) is 1.28. The van der Waals surface area contributed by atoms with Gasteiger partial charge in [-0.2, -0.15) is 5.26 Å². The summed E-state index contributed by atoms with van der Waals surface area (Å²) in [6.07, 6.45) is 1.29. The van der Waals surface area contributed by atoms with Gasteiger partial charge in [-0.1, -0.05) is 0 Å². The number of rotatable bonds is 4. The van der Waals surface area contributed by atoms with E-state index in [4.69, 9.17) is 9.68 Å². The normalized spacial score (nSPS) is 9.85. The molecule has 0 aliphatic carbocycles. The van der Waals surface area contributed by atoms with Gasteiger partial charge in [0.1, 0.15) is 23.9 Å². The van der Waals surface area contributed by atoms with Crippen LogP contribution in [-0.4, -0.2) is 13.1 Å². The van der Waals surface area contributed by atoms with E-state index in [1.807, 2.05) is 6.07 Å². The second kappa shape index (κ2) is 5.89. The molecule has 0 fully saturated rings. The number of furan rings is 1. The van der Waals surface area contributed by atoms with Crippen LogP contribution in [0.2, 0.25) is 0 Å². The second-order valence-corrected chi connectivity index (χ2v) is 3.95. The van der Waals surface area contributed by atoms with E-state index >= 15 is 0 Å². The van der Waals surface area contributed by atoms with Crippen LogP contribution in [0.4, 0.5) is 10.1 Å². The van der Waals surface area contributed by atoms with Crippen LogP contribution in [0.1, 0.15) is 21.7 Å². The lowest BCUT2D eigenvalue weighted by Gasteiger charge is -2.06. The number of benzene rings is 1. The minimum Gasteiger partial charge on any atom is -0.467 e. The second-order valence-electron chi connectivity index (χ2n) is 3.95. The molecular formula is C14H11FN2O3. The molecule has 1 aromatic heterocycles. The molecule has 0 amide bonds. The minimum absolute atomic E-state index is 0.199. The molecule has 1 aromatic carbocycles. The van der Waals surface area contributed by atoms with Gasteiger partial charge in [-0.25, -0.2) is 9.18 Å². The van der Waals surface area contributed by atoms with Crippen LogP contribution in [0.15, 0.2) is 34.9 Å². The van der Waals surface area contributed by atoms with E-state index in [2.05, 4.69) is 10.1 Å². The number of carbonyl (C=O) groups is 1. The van der Waals surface area contributed by atoms with Crippen LogP contribution in [0.25, 0.3) is 0 Å². The number of anilines is 1. The average Bonchev–Trinajstić information content (AvgIpc) is 2.93. The molecule has 0 radical (unpaired) electrons. The zero-order valence-electron chi connectivity index (χ0n) is 10.6. The maximum Gasteiger partial charge on any atom is 0.341 e. The fraction of sp³-hybridized carbons (Fsp3) is 0.143. The molecule has 1 N–H and O–H groups in total. The van der Waals surface area contributed by atoms with Gasteiger partial charge in [0.15, 0.2) is 0 Å². The molecule has 6 heteroatoms. The molecule has 0 unspecified atom stereocenters. The largest absolute Gasteiger partial charge is 0.467 e. The molecule has 0 spiro atoms. The molecule has 0 saturated heterocycles. The number of ether oxygens (including phenoxy) is 1. The first-order chi connectivity index (χ1) is 9.63. The van der Waals surface area contributed by atoms with E-state index in [-0.39, 0.29) is 12.1 Å². The van der Waals surface area contributed by atoms with Crippen molar-refractivity contribution in [3.63, 3.8) is 0 Å². The maximum absolute atomic E-state index is 13.0. The zero-order chi connectivity index (χ0) is 14.5. The Labute approximate surface area is 114 Å². The molecule has 5 nitrogen and oxygen atoms in total. The number of hydrogen-bond donors (Lipinski definition) is 1. The summed E-state index contributed by atoms with van der Waals surface area (Å²) in [6, 6.07) is 7.30. The standard InChI is InChI=1S/C14H11FN2O3/c1-19-14(18)10-5-12(20-8-10)7-17-13-3-2-11(15)4-9(13)6-16/h2-5,8,17H,7H2,1H3. The molecule has 102 valence electrons. The maximum atomic E-state index is 13.0. The fourth-order valence-electron chi connectivity index (χ4n) is 1.64. The Bertz CT molecular complexity index is 673. The Morgan fingerprint density at radius 2 is 2.30 bits per heavy atom. The van der Waals surface area contributed by atoms with Crippen molar-refractivity contribution in [1.82, 2.24) is 0 Å². The monoisotopic (exact) mass is 274 g/mol. The van der Waals surface area contributed by atoms with Crippen LogP contribution in [0.3, 0.4) is 0 Å². The fourth-order valence-corrected chi connectivity index (χ4v) is 1.64. The van der Waals surface area contributed by atoms with Crippen molar-refractivity contribution in [2.24, 2.45) is 0 Å². The molecule has 0 saturated carbocycles. The molecule has 0 bridgehead atoms. The predicted molar refractivity (Wildman–Crippen MR) is 68.5 cm³/mol. The Morgan fingerprint density at radius 3 is 3.00 bits per heavy atom. The van der Waals surface area contributed by atoms with Crippen LogP contribution in [0, 0.1) is 17.1 Å². The van der Waals surface area contributed by atoms with Crippen molar-refractivity contribution in [3.05, 3.63) is 53.2 Å². The van der Waals surface area contributed by atoms with Gasteiger partial charge in [-0.3, -0.25) is 0 Å². The van der Waals surface area contributed by atoms with Gasteiger partial charge in [0.2, 0.25) is 0 Å². The molecular weight excluding hydrogens is 263 g/mol. The van der Waals surface area contributed by atoms with Gasteiger partial charge in [0.05, 0.1) is 30.5 Å². The number of nitriles is 1. The molecule has 0 aliphatic rings. The molecule has 0 atom stereocenters. The Balaban J connectivity index is 2.08. The van der Waals surface area contributed by atoms with Crippen LogP contribution in [-0.2, 0) is 11.3 Å². The average molecular weight is 274 g/mol. The number of nitrogens with zero attached hydrogens (tertiary/aromatic N) is 1. The number of halogens is 1. The van der Waals surface area contributed by atoms with Crippen molar-refractivity contribution >= 4 is 11.7 Å². The smallest absolute Gasteiger partial charge is 0.341 e. The highest BCUT2D eigenvalue weighted by atomic mass is 19.1. The topological polar surface area (TPSA) is 75.3 Å². The third kappa shape index (κ3) is 2.95. The van der Waals surface area contributed by atoms with Gasteiger partial charge in [0, 0.05) is 0 Å². The first-order valence-corrected chi connectivity index (χ1v) is 5.73. The van der Waals surface area contributed by atoms with Gasteiger partial charge in [-0.15, -0.1) is 0 Å². The summed E-state index contributed by atoms with van der Waals surface area (Å²) in [4.78, 5) is 11.3. The minimum atomic E-state index is -0.487. The van der Waals surface area contributed by atoms with Gasteiger partial charge >= 0.3 is 5.97 Å². The Kier molecular flexibility index (Phi) is 4.01. The Hall–Kier alpha value is -2.81. The number of nitrogens with one attached hydrogen (secondary N) is 1. The van der Waals surface area contributed by atoms with E-state index in [1.54, 1.807) is 0 Å². The van der Waals surface area contributed by atoms with Crippen molar-refractivity contribution in [3.8, 4) is 6.07 Å². The SMILES string of the molecule is COC(=O)c1coc(CNc2ccc(F)cc2C#N)c1. The first-order valence-electron chi connectivity index (χ1n) is 5.73. The molecule has 0 aliphatic heterocycles. The van der Waals surface area contributed by atoms with E-state index < -0.39 is 11.8 Å². The van der Waals surface area contributed by atoms with Crippen molar-refractivity contribution in [2.75, 3.05) is 12.4 Å². The lowest BCUT2D eigenvalue weighted by Crippen LogP contribution is -2.01.